The van der Waals surface area contributed by atoms with Crippen LogP contribution in [0, 0.1) is 6.92 Å². The lowest BCUT2D eigenvalue weighted by atomic mass is 10.0. The maximum absolute atomic E-state index is 13.0. The molecular formula is C23H27ClN4O3S. The average Bonchev–Trinajstić information content (AvgIpc) is 3.15. The Morgan fingerprint density at radius 1 is 1.12 bits per heavy atom. The summed E-state index contributed by atoms with van der Waals surface area (Å²) in [5.74, 6) is -0.250. The second-order valence-corrected chi connectivity index (χ2v) is 10.8. The van der Waals surface area contributed by atoms with Crippen molar-refractivity contribution in [2.24, 2.45) is 0 Å². The molecule has 0 saturated heterocycles. The lowest BCUT2D eigenvalue weighted by Gasteiger charge is -2.19. The van der Waals surface area contributed by atoms with Gasteiger partial charge in [0.05, 0.1) is 34.4 Å². The molecule has 1 amide bonds. The Hall–Kier alpha value is -2.71. The Labute approximate surface area is 193 Å². The molecule has 0 aliphatic rings. The molecule has 0 saturated carbocycles. The number of amides is 1. The topological polar surface area (TPSA) is 94.0 Å². The zero-order chi connectivity index (χ0) is 23.5. The minimum Gasteiger partial charge on any atom is -0.345 e. The molecule has 0 spiro atoms. The van der Waals surface area contributed by atoms with E-state index in [0.29, 0.717) is 22.7 Å². The molecule has 2 heterocycles. The van der Waals surface area contributed by atoms with Gasteiger partial charge in [0.1, 0.15) is 0 Å². The maximum atomic E-state index is 13.0. The van der Waals surface area contributed by atoms with Crippen molar-refractivity contribution in [2.75, 3.05) is 0 Å². The molecule has 9 heteroatoms. The van der Waals surface area contributed by atoms with Crippen LogP contribution in [0.5, 0.6) is 0 Å². The van der Waals surface area contributed by atoms with Gasteiger partial charge in [0.25, 0.3) is 5.91 Å². The highest BCUT2D eigenvalue weighted by molar-refractivity contribution is 7.91. The molecule has 32 heavy (non-hydrogen) atoms. The highest BCUT2D eigenvalue weighted by Gasteiger charge is 2.23. The Morgan fingerprint density at radius 2 is 1.81 bits per heavy atom. The molecule has 2 aromatic heterocycles. The van der Waals surface area contributed by atoms with E-state index in [1.54, 1.807) is 42.9 Å². The molecule has 1 unspecified atom stereocenters. The van der Waals surface area contributed by atoms with Crippen LogP contribution in [0.1, 0.15) is 61.3 Å². The smallest absolute Gasteiger partial charge is 0.255 e. The normalized spacial score (nSPS) is 12.7. The number of nitrogens with one attached hydrogen (secondary N) is 1. The van der Waals surface area contributed by atoms with E-state index in [4.69, 9.17) is 11.6 Å². The van der Waals surface area contributed by atoms with Gasteiger partial charge in [0, 0.05) is 11.2 Å². The fourth-order valence-electron chi connectivity index (χ4n) is 3.33. The van der Waals surface area contributed by atoms with Crippen LogP contribution in [0.15, 0.2) is 53.8 Å². The number of benzene rings is 1. The standard InChI is InChI=1S/C23H27ClN4O3S/c1-5-6-21(17-7-12-22(25-13-17)32(30,31)15(2)3)27-23(29)20-14-26-28(16(20)4)19-10-8-18(24)9-11-19/h7-15,21H,5-6H2,1-4H3,(H,27,29). The molecule has 3 aromatic rings. The van der Waals surface area contributed by atoms with Crippen molar-refractivity contribution in [1.82, 2.24) is 20.1 Å². The van der Waals surface area contributed by atoms with Crippen LogP contribution in [0.2, 0.25) is 5.02 Å². The van der Waals surface area contributed by atoms with Gasteiger partial charge in [0.15, 0.2) is 14.9 Å². The van der Waals surface area contributed by atoms with Gasteiger partial charge in [0.2, 0.25) is 0 Å². The van der Waals surface area contributed by atoms with E-state index in [9.17, 15) is 13.2 Å². The number of pyridine rings is 1. The van der Waals surface area contributed by atoms with Gasteiger partial charge in [-0.15, -0.1) is 0 Å². The van der Waals surface area contributed by atoms with Crippen molar-refractivity contribution < 1.29 is 13.2 Å². The zero-order valence-electron chi connectivity index (χ0n) is 18.5. The van der Waals surface area contributed by atoms with Gasteiger partial charge in [-0.2, -0.15) is 5.10 Å². The first-order valence-corrected chi connectivity index (χ1v) is 12.4. The van der Waals surface area contributed by atoms with Crippen molar-refractivity contribution in [3.05, 3.63) is 70.6 Å². The number of nitrogens with zero attached hydrogens (tertiary/aromatic N) is 3. The molecule has 0 aliphatic heterocycles. The Balaban J connectivity index is 1.82. The van der Waals surface area contributed by atoms with Crippen molar-refractivity contribution in [2.45, 2.75) is 56.9 Å². The first-order valence-electron chi connectivity index (χ1n) is 10.5. The van der Waals surface area contributed by atoms with Crippen molar-refractivity contribution in [3.63, 3.8) is 0 Å². The summed E-state index contributed by atoms with van der Waals surface area (Å²) >= 11 is 5.96. The molecule has 0 aliphatic carbocycles. The number of aromatic nitrogens is 3. The first kappa shape index (κ1) is 23.9. The molecule has 170 valence electrons. The van der Waals surface area contributed by atoms with E-state index in [-0.39, 0.29) is 17.0 Å². The number of halogens is 1. The minimum atomic E-state index is -3.45. The Bertz CT molecular complexity index is 1190. The Morgan fingerprint density at radius 3 is 2.38 bits per heavy atom. The van der Waals surface area contributed by atoms with Gasteiger partial charge in [-0.3, -0.25) is 4.79 Å². The number of hydrogen-bond acceptors (Lipinski definition) is 5. The van der Waals surface area contributed by atoms with Crippen LogP contribution in [0.3, 0.4) is 0 Å². The summed E-state index contributed by atoms with van der Waals surface area (Å²) in [6.45, 7) is 7.10. The van der Waals surface area contributed by atoms with E-state index in [2.05, 4.69) is 15.4 Å². The summed E-state index contributed by atoms with van der Waals surface area (Å²) < 4.78 is 26.3. The highest BCUT2D eigenvalue weighted by atomic mass is 35.5. The van der Waals surface area contributed by atoms with E-state index >= 15 is 0 Å². The summed E-state index contributed by atoms with van der Waals surface area (Å²) in [7, 11) is -3.45. The van der Waals surface area contributed by atoms with Crippen molar-refractivity contribution in [1.29, 1.82) is 0 Å². The number of rotatable bonds is 8. The molecule has 3 rings (SSSR count). The molecular weight excluding hydrogens is 448 g/mol. The number of carbonyl (C=O) groups is 1. The van der Waals surface area contributed by atoms with E-state index in [0.717, 1.165) is 17.7 Å². The molecule has 0 bridgehead atoms. The predicted molar refractivity (Wildman–Crippen MR) is 125 cm³/mol. The number of carbonyl (C=O) groups excluding carboxylic acids is 1. The van der Waals surface area contributed by atoms with E-state index in [1.165, 1.54) is 12.3 Å². The quantitative estimate of drug-likeness (QED) is 0.511. The average molecular weight is 475 g/mol. The van der Waals surface area contributed by atoms with Gasteiger partial charge < -0.3 is 5.32 Å². The van der Waals surface area contributed by atoms with E-state index < -0.39 is 15.1 Å². The third-order valence-electron chi connectivity index (χ3n) is 5.28. The van der Waals surface area contributed by atoms with Crippen LogP contribution in [0.25, 0.3) is 5.69 Å². The SMILES string of the molecule is CCCC(NC(=O)c1cnn(-c2ccc(Cl)cc2)c1C)c1ccc(S(=O)(=O)C(C)C)nc1. The zero-order valence-corrected chi connectivity index (χ0v) is 20.1. The predicted octanol–water partition coefficient (Wildman–Crippen LogP) is 4.68. The van der Waals surface area contributed by atoms with Crippen LogP contribution < -0.4 is 5.32 Å². The largest absolute Gasteiger partial charge is 0.345 e. The van der Waals surface area contributed by atoms with Gasteiger partial charge in [-0.25, -0.2) is 18.1 Å². The monoisotopic (exact) mass is 474 g/mol. The van der Waals surface area contributed by atoms with Crippen LogP contribution >= 0.6 is 11.6 Å². The van der Waals surface area contributed by atoms with Gasteiger partial charge in [-0.05, 0) is 63.1 Å². The van der Waals surface area contributed by atoms with Gasteiger partial charge >= 0.3 is 0 Å². The molecule has 0 fully saturated rings. The lowest BCUT2D eigenvalue weighted by Crippen LogP contribution is -2.29. The molecule has 1 N–H and O–H groups in total. The molecule has 1 atom stereocenters. The third kappa shape index (κ3) is 5.02. The summed E-state index contributed by atoms with van der Waals surface area (Å²) in [5, 5.41) is 7.51. The van der Waals surface area contributed by atoms with Crippen molar-refractivity contribution in [3.8, 4) is 5.69 Å². The summed E-state index contributed by atoms with van der Waals surface area (Å²) in [5.41, 5.74) is 2.73. The summed E-state index contributed by atoms with van der Waals surface area (Å²) in [6, 6.07) is 10.1. The van der Waals surface area contributed by atoms with Crippen LogP contribution in [-0.2, 0) is 9.84 Å². The third-order valence-corrected chi connectivity index (χ3v) is 7.60. The Kier molecular flexibility index (Phi) is 7.36. The summed E-state index contributed by atoms with van der Waals surface area (Å²) in [4.78, 5) is 17.2. The second-order valence-electron chi connectivity index (χ2n) is 7.87. The number of hydrogen-bond donors (Lipinski definition) is 1. The number of sulfone groups is 1. The molecule has 0 radical (unpaired) electrons. The first-order chi connectivity index (χ1) is 15.1. The fraction of sp³-hybridized carbons (Fsp3) is 0.348. The van der Waals surface area contributed by atoms with Crippen molar-refractivity contribution >= 4 is 27.3 Å². The maximum Gasteiger partial charge on any atom is 0.255 e. The highest BCUT2D eigenvalue weighted by Crippen LogP contribution is 2.22. The molecule has 1 aromatic carbocycles. The van der Waals surface area contributed by atoms with Gasteiger partial charge in [-0.1, -0.05) is 31.0 Å². The van der Waals surface area contributed by atoms with Crippen LogP contribution in [-0.4, -0.2) is 34.3 Å². The minimum absolute atomic E-state index is 0.0397. The van der Waals surface area contributed by atoms with E-state index in [1.807, 2.05) is 26.0 Å². The fourth-order valence-corrected chi connectivity index (χ4v) is 4.40. The second kappa shape index (κ2) is 9.83. The molecule has 7 nitrogen and oxygen atoms in total. The van der Waals surface area contributed by atoms with Crippen LogP contribution in [0.4, 0.5) is 0 Å². The lowest BCUT2D eigenvalue weighted by molar-refractivity contribution is 0.0933. The summed E-state index contributed by atoms with van der Waals surface area (Å²) in [6.07, 6.45) is 4.59.